The van der Waals surface area contributed by atoms with Crippen molar-refractivity contribution >= 4 is 0 Å². The molecule has 1 aromatic rings. The van der Waals surface area contributed by atoms with Gasteiger partial charge in [0.2, 0.25) is 0 Å². The van der Waals surface area contributed by atoms with E-state index < -0.39 is 17.2 Å². The maximum atomic E-state index is 14.1. The van der Waals surface area contributed by atoms with Gasteiger partial charge in [0.15, 0.2) is 0 Å². The molecule has 2 fully saturated rings. The Morgan fingerprint density at radius 3 is 2.38 bits per heavy atom. The molecule has 0 saturated carbocycles. The molecule has 1 aromatic carbocycles. The lowest BCUT2D eigenvalue weighted by molar-refractivity contribution is -0.173. The molecule has 2 heterocycles. The molecule has 2 saturated heterocycles. The van der Waals surface area contributed by atoms with E-state index in [1.54, 1.807) is 0 Å². The molecule has 0 bridgehead atoms. The van der Waals surface area contributed by atoms with Gasteiger partial charge in [0.1, 0.15) is 17.4 Å². The molecule has 4 nitrogen and oxygen atoms in total. The number of hydrogen-bond acceptors (Lipinski definition) is 4. The Kier molecular flexibility index (Phi) is 4.82. The zero-order valence-corrected chi connectivity index (χ0v) is 14.3. The molecule has 2 aliphatic rings. The highest BCUT2D eigenvalue weighted by molar-refractivity contribution is 5.30. The van der Waals surface area contributed by atoms with Gasteiger partial charge in [-0.1, -0.05) is 0 Å². The van der Waals surface area contributed by atoms with Crippen molar-refractivity contribution in [1.82, 2.24) is 4.90 Å². The lowest BCUT2D eigenvalue weighted by Gasteiger charge is -2.48. The number of halogens is 2. The van der Waals surface area contributed by atoms with Crippen LogP contribution in [-0.4, -0.2) is 48.0 Å². The average molecular weight is 341 g/mol. The summed E-state index contributed by atoms with van der Waals surface area (Å²) in [5.74, 6) is -0.975. The maximum Gasteiger partial charge on any atom is 0.134 e. The van der Waals surface area contributed by atoms with Crippen LogP contribution in [0.25, 0.3) is 0 Å². The van der Waals surface area contributed by atoms with Gasteiger partial charge < -0.3 is 14.6 Å². The van der Waals surface area contributed by atoms with Crippen LogP contribution in [0.15, 0.2) is 12.1 Å². The van der Waals surface area contributed by atoms with Crippen molar-refractivity contribution < 1.29 is 23.4 Å². The van der Waals surface area contributed by atoms with Crippen molar-refractivity contribution in [2.45, 2.75) is 50.4 Å². The molecule has 1 atom stereocenters. The monoisotopic (exact) mass is 341 g/mol. The predicted octanol–water partition coefficient (Wildman–Crippen LogP) is 2.87. The van der Waals surface area contributed by atoms with Crippen LogP contribution in [0.3, 0.4) is 0 Å². The minimum absolute atomic E-state index is 0.0725. The minimum Gasteiger partial charge on any atom is -0.497 e. The van der Waals surface area contributed by atoms with Crippen LogP contribution in [-0.2, 0) is 11.3 Å². The van der Waals surface area contributed by atoms with Gasteiger partial charge in [-0.2, -0.15) is 0 Å². The number of hydrogen-bond donors (Lipinski definition) is 1. The van der Waals surface area contributed by atoms with E-state index in [1.165, 1.54) is 19.2 Å². The van der Waals surface area contributed by atoms with E-state index in [-0.39, 0.29) is 23.5 Å². The largest absolute Gasteiger partial charge is 0.497 e. The summed E-state index contributed by atoms with van der Waals surface area (Å²) in [6.07, 6.45) is 2.81. The minimum atomic E-state index is -0.686. The van der Waals surface area contributed by atoms with Crippen LogP contribution in [0.5, 0.6) is 5.75 Å². The Morgan fingerprint density at radius 2 is 1.83 bits per heavy atom. The molecule has 0 aromatic heterocycles. The van der Waals surface area contributed by atoms with E-state index in [9.17, 15) is 13.9 Å². The Balaban J connectivity index is 1.64. The topological polar surface area (TPSA) is 41.9 Å². The number of methoxy groups -OCH3 is 1. The zero-order chi connectivity index (χ0) is 17.4. The van der Waals surface area contributed by atoms with Crippen LogP contribution in [0.1, 0.15) is 38.2 Å². The maximum absolute atomic E-state index is 14.1. The van der Waals surface area contributed by atoms with Gasteiger partial charge in [0.25, 0.3) is 0 Å². The van der Waals surface area contributed by atoms with Gasteiger partial charge in [-0.3, -0.25) is 4.90 Å². The molecule has 3 rings (SSSR count). The summed E-state index contributed by atoms with van der Waals surface area (Å²) in [5, 5.41) is 10.3. The Bertz CT molecular complexity index is 575. The third-order valence-electron chi connectivity index (χ3n) is 5.25. The van der Waals surface area contributed by atoms with Crippen LogP contribution in [0, 0.1) is 11.6 Å². The average Bonchev–Trinajstić information content (AvgIpc) is 2.51. The summed E-state index contributed by atoms with van der Waals surface area (Å²) >= 11 is 0. The van der Waals surface area contributed by atoms with E-state index in [2.05, 4.69) is 0 Å². The molecular weight excluding hydrogens is 316 g/mol. The SMILES string of the molecule is COc1cc(F)c(CN2CCC3(CC2)CC(C)(O)CCO3)c(F)c1. The van der Waals surface area contributed by atoms with E-state index in [0.29, 0.717) is 32.5 Å². The first kappa shape index (κ1) is 17.6. The normalized spacial score (nSPS) is 27.4. The van der Waals surface area contributed by atoms with Crippen LogP contribution >= 0.6 is 0 Å². The predicted molar refractivity (Wildman–Crippen MR) is 86.0 cm³/mol. The van der Waals surface area contributed by atoms with Gasteiger partial charge in [-0.05, 0) is 26.2 Å². The van der Waals surface area contributed by atoms with Crippen molar-refractivity contribution in [3.63, 3.8) is 0 Å². The van der Waals surface area contributed by atoms with Gasteiger partial charge >= 0.3 is 0 Å². The summed E-state index contributed by atoms with van der Waals surface area (Å²) < 4.78 is 39.0. The second-order valence-electron chi connectivity index (χ2n) is 7.30. The molecular formula is C18H25F2NO3. The molecule has 1 unspecified atom stereocenters. The lowest BCUT2D eigenvalue weighted by atomic mass is 9.78. The molecule has 1 spiro atoms. The summed E-state index contributed by atoms with van der Waals surface area (Å²) in [4.78, 5) is 2.03. The highest BCUT2D eigenvalue weighted by atomic mass is 19.1. The molecule has 2 aliphatic heterocycles. The van der Waals surface area contributed by atoms with Crippen molar-refractivity contribution in [3.8, 4) is 5.75 Å². The first-order valence-electron chi connectivity index (χ1n) is 8.43. The smallest absolute Gasteiger partial charge is 0.134 e. The van der Waals surface area contributed by atoms with Crippen LogP contribution in [0.4, 0.5) is 8.78 Å². The van der Waals surface area contributed by atoms with Gasteiger partial charge in [0, 0.05) is 43.8 Å². The molecule has 1 N–H and O–H groups in total. The molecule has 24 heavy (non-hydrogen) atoms. The number of rotatable bonds is 3. The fourth-order valence-electron chi connectivity index (χ4n) is 3.83. The number of aliphatic hydroxyl groups is 1. The highest BCUT2D eigenvalue weighted by Gasteiger charge is 2.44. The first-order chi connectivity index (χ1) is 11.3. The highest BCUT2D eigenvalue weighted by Crippen LogP contribution is 2.39. The van der Waals surface area contributed by atoms with Gasteiger partial charge in [-0.15, -0.1) is 0 Å². The number of piperidine rings is 1. The molecule has 0 amide bonds. The van der Waals surface area contributed by atoms with Crippen molar-refractivity contribution in [2.75, 3.05) is 26.8 Å². The van der Waals surface area contributed by atoms with Crippen molar-refractivity contribution in [2.24, 2.45) is 0 Å². The van der Waals surface area contributed by atoms with E-state index in [0.717, 1.165) is 12.8 Å². The lowest BCUT2D eigenvalue weighted by Crippen LogP contribution is -2.53. The number of likely N-dealkylation sites (tertiary alicyclic amines) is 1. The quantitative estimate of drug-likeness (QED) is 0.918. The summed E-state index contributed by atoms with van der Waals surface area (Å²) in [6.45, 7) is 4.04. The Labute approximate surface area is 141 Å². The number of nitrogens with zero attached hydrogens (tertiary/aromatic N) is 1. The first-order valence-corrected chi connectivity index (χ1v) is 8.43. The third-order valence-corrected chi connectivity index (χ3v) is 5.25. The third kappa shape index (κ3) is 3.71. The van der Waals surface area contributed by atoms with Crippen LogP contribution in [0.2, 0.25) is 0 Å². The fourth-order valence-corrected chi connectivity index (χ4v) is 3.83. The molecule has 6 heteroatoms. The second kappa shape index (κ2) is 6.58. The molecule has 134 valence electrons. The van der Waals surface area contributed by atoms with Crippen molar-refractivity contribution in [1.29, 1.82) is 0 Å². The zero-order valence-electron chi connectivity index (χ0n) is 14.3. The Morgan fingerprint density at radius 1 is 1.21 bits per heavy atom. The van der Waals surface area contributed by atoms with Gasteiger partial charge in [-0.25, -0.2) is 8.78 Å². The van der Waals surface area contributed by atoms with E-state index >= 15 is 0 Å². The number of benzene rings is 1. The van der Waals surface area contributed by atoms with Gasteiger partial charge in [0.05, 0.1) is 24.9 Å². The second-order valence-corrected chi connectivity index (χ2v) is 7.30. The summed E-state index contributed by atoms with van der Waals surface area (Å²) in [5.41, 5.74) is -0.910. The molecule has 0 aliphatic carbocycles. The standard InChI is InChI=1S/C18H25F2NO3/c1-17(22)5-8-24-18(12-17)3-6-21(7-4-18)11-14-15(19)9-13(23-2)10-16(14)20/h9-10,22H,3-8,11-12H2,1-2H3. The molecule has 0 radical (unpaired) electrons. The summed E-state index contributed by atoms with van der Waals surface area (Å²) in [7, 11) is 1.39. The Hall–Kier alpha value is -1.24. The van der Waals surface area contributed by atoms with E-state index in [1.807, 2.05) is 11.8 Å². The number of ether oxygens (including phenoxy) is 2. The van der Waals surface area contributed by atoms with Crippen LogP contribution < -0.4 is 4.74 Å². The summed E-state index contributed by atoms with van der Waals surface area (Å²) in [6, 6.07) is 2.43. The van der Waals surface area contributed by atoms with Crippen molar-refractivity contribution in [3.05, 3.63) is 29.3 Å². The van der Waals surface area contributed by atoms with E-state index in [4.69, 9.17) is 9.47 Å². The fraction of sp³-hybridized carbons (Fsp3) is 0.667.